The number of carbonyl (C=O) groups is 2. The second-order valence-electron chi connectivity index (χ2n) is 7.05. The fourth-order valence-corrected chi connectivity index (χ4v) is 3.02. The largest absolute Gasteiger partial charge is 0.388 e. The Kier molecular flexibility index (Phi) is 11.1. The fourth-order valence-electron chi connectivity index (χ4n) is 2.90. The SMILES string of the molecule is CC(C)[NH+]=C(N)N.CNc1ccc(Cl)c(F)c1.O=CC(=O)NC1CCc2ccccc21. The first kappa shape index (κ1) is 25.9. The van der Waals surface area contributed by atoms with E-state index in [1.54, 1.807) is 13.1 Å². The zero-order valence-electron chi connectivity index (χ0n) is 17.9. The summed E-state index contributed by atoms with van der Waals surface area (Å²) in [4.78, 5) is 23.9. The fraction of sp³-hybridized carbons (Fsp3) is 0.318. The Balaban J connectivity index is 0.000000249. The highest BCUT2D eigenvalue weighted by molar-refractivity contribution is 6.30. The topological polar surface area (TPSA) is 124 Å². The number of nitrogens with two attached hydrogens (primary N) is 2. The van der Waals surface area contributed by atoms with Gasteiger partial charge in [-0.2, -0.15) is 0 Å². The maximum Gasteiger partial charge on any atom is 0.338 e. The molecule has 1 atom stereocenters. The average molecular weight is 451 g/mol. The molecule has 0 spiro atoms. The van der Waals surface area contributed by atoms with Crippen LogP contribution in [-0.2, 0) is 16.0 Å². The summed E-state index contributed by atoms with van der Waals surface area (Å²) in [7, 11) is 1.72. The van der Waals surface area contributed by atoms with Gasteiger partial charge in [-0.15, -0.1) is 0 Å². The molecule has 0 fully saturated rings. The van der Waals surface area contributed by atoms with Crippen LogP contribution in [0.4, 0.5) is 10.1 Å². The Bertz CT molecular complexity index is 901. The van der Waals surface area contributed by atoms with Gasteiger partial charge in [0.05, 0.1) is 17.1 Å². The molecule has 9 heteroatoms. The van der Waals surface area contributed by atoms with Crippen LogP contribution in [0.15, 0.2) is 42.5 Å². The lowest BCUT2D eigenvalue weighted by molar-refractivity contribution is -0.495. The number of amides is 1. The van der Waals surface area contributed by atoms with Crippen molar-refractivity contribution in [2.45, 2.75) is 38.8 Å². The van der Waals surface area contributed by atoms with Crippen molar-refractivity contribution in [1.82, 2.24) is 5.32 Å². The number of anilines is 1. The predicted molar refractivity (Wildman–Crippen MR) is 122 cm³/mol. The lowest BCUT2D eigenvalue weighted by atomic mass is 10.1. The third-order valence-electron chi connectivity index (χ3n) is 4.22. The van der Waals surface area contributed by atoms with Crippen LogP contribution in [0.1, 0.15) is 37.4 Å². The predicted octanol–water partition coefficient (Wildman–Crippen LogP) is 1.26. The Morgan fingerprint density at radius 1 is 1.26 bits per heavy atom. The standard InChI is InChI=1S/C11H11NO2.C7H7ClFN.C4H11N3/c13-7-11(14)12-10-6-5-8-3-1-2-4-9(8)10;1-10-5-2-3-6(8)7(9)4-5;1-3(2)7-4(5)6/h1-4,7,10H,5-6H2,(H,12,14);2-4,10H,1H3;3H,1-2H3,(H4,5,6,7)/p+1. The zero-order chi connectivity index (χ0) is 23.4. The second-order valence-corrected chi connectivity index (χ2v) is 7.46. The van der Waals surface area contributed by atoms with Crippen LogP contribution in [0.2, 0.25) is 5.02 Å². The molecule has 0 saturated carbocycles. The Hall–Kier alpha value is -3.13. The number of halogens is 2. The van der Waals surface area contributed by atoms with Gasteiger partial charge >= 0.3 is 5.96 Å². The molecule has 0 saturated heterocycles. The van der Waals surface area contributed by atoms with E-state index in [1.165, 1.54) is 17.7 Å². The lowest BCUT2D eigenvalue weighted by Crippen LogP contribution is -2.82. The molecule has 7 nitrogen and oxygen atoms in total. The Morgan fingerprint density at radius 2 is 1.94 bits per heavy atom. The monoisotopic (exact) mass is 450 g/mol. The van der Waals surface area contributed by atoms with E-state index < -0.39 is 11.7 Å². The van der Waals surface area contributed by atoms with E-state index in [1.807, 2.05) is 32.0 Å². The Labute approximate surface area is 187 Å². The molecular formula is C22H30ClFN5O2+. The van der Waals surface area contributed by atoms with Crippen molar-refractivity contribution in [1.29, 1.82) is 0 Å². The maximum atomic E-state index is 12.6. The van der Waals surface area contributed by atoms with Gasteiger partial charge in [-0.3, -0.25) is 26.0 Å². The first-order valence-corrected chi connectivity index (χ1v) is 10.2. The molecular weight excluding hydrogens is 421 g/mol. The number of aryl methyl sites for hydroxylation is 1. The summed E-state index contributed by atoms with van der Waals surface area (Å²) in [5.74, 6) is -0.643. The van der Waals surface area contributed by atoms with Gasteiger partial charge in [0.15, 0.2) is 0 Å². The highest BCUT2D eigenvalue weighted by atomic mass is 35.5. The van der Waals surface area contributed by atoms with Crippen molar-refractivity contribution < 1.29 is 19.0 Å². The summed E-state index contributed by atoms with van der Waals surface area (Å²) >= 11 is 5.43. The van der Waals surface area contributed by atoms with E-state index in [9.17, 15) is 14.0 Å². The van der Waals surface area contributed by atoms with Gasteiger partial charge in [-0.05, 0) is 56.0 Å². The van der Waals surface area contributed by atoms with Gasteiger partial charge in [0, 0.05) is 12.7 Å². The van der Waals surface area contributed by atoms with E-state index in [0.717, 1.165) is 24.1 Å². The first-order valence-electron chi connectivity index (χ1n) is 9.78. The normalized spacial score (nSPS) is 13.5. The van der Waals surface area contributed by atoms with Crippen molar-refractivity contribution >= 4 is 35.4 Å². The second kappa shape index (κ2) is 13.2. The van der Waals surface area contributed by atoms with Crippen LogP contribution in [-0.4, -0.2) is 31.2 Å². The molecule has 3 rings (SSSR count). The van der Waals surface area contributed by atoms with Gasteiger partial charge in [0.1, 0.15) is 5.82 Å². The molecule has 1 aliphatic rings. The smallest absolute Gasteiger partial charge is 0.338 e. The number of rotatable bonds is 4. The number of aldehydes is 1. The minimum Gasteiger partial charge on any atom is -0.388 e. The number of guanidine groups is 1. The van der Waals surface area contributed by atoms with E-state index in [4.69, 9.17) is 23.1 Å². The zero-order valence-corrected chi connectivity index (χ0v) is 18.7. The van der Waals surface area contributed by atoms with E-state index in [2.05, 4.69) is 21.7 Å². The number of carbonyl (C=O) groups excluding carboxylic acids is 2. The molecule has 0 radical (unpaired) electrons. The highest BCUT2D eigenvalue weighted by Crippen LogP contribution is 2.30. The van der Waals surface area contributed by atoms with Crippen LogP contribution < -0.4 is 27.1 Å². The summed E-state index contributed by atoms with van der Waals surface area (Å²) in [5, 5.41) is 5.63. The molecule has 1 amide bonds. The van der Waals surface area contributed by atoms with Gasteiger partial charge in [0.2, 0.25) is 6.29 Å². The minimum atomic E-state index is -0.535. The van der Waals surface area contributed by atoms with Crippen LogP contribution in [0.5, 0.6) is 0 Å². The molecule has 0 heterocycles. The lowest BCUT2D eigenvalue weighted by Gasteiger charge is -2.11. The van der Waals surface area contributed by atoms with Crippen molar-refractivity contribution in [2.24, 2.45) is 11.5 Å². The van der Waals surface area contributed by atoms with Gasteiger partial charge in [0.25, 0.3) is 5.91 Å². The molecule has 168 valence electrons. The summed E-state index contributed by atoms with van der Waals surface area (Å²) in [6, 6.07) is 12.9. The first-order chi connectivity index (χ1) is 14.7. The quantitative estimate of drug-likeness (QED) is 0.207. The van der Waals surface area contributed by atoms with Gasteiger partial charge < -0.3 is 10.6 Å². The van der Waals surface area contributed by atoms with Gasteiger partial charge in [-0.25, -0.2) is 4.39 Å². The molecule has 2 aromatic carbocycles. The van der Waals surface area contributed by atoms with Crippen molar-refractivity contribution in [2.75, 3.05) is 12.4 Å². The maximum absolute atomic E-state index is 12.6. The molecule has 0 aromatic heterocycles. The molecule has 0 bridgehead atoms. The number of hydrogen-bond acceptors (Lipinski definition) is 3. The van der Waals surface area contributed by atoms with E-state index in [-0.39, 0.29) is 17.0 Å². The summed E-state index contributed by atoms with van der Waals surface area (Å²) in [6.45, 7) is 3.94. The number of fused-ring (bicyclic) bond motifs is 1. The molecule has 1 unspecified atom stereocenters. The van der Waals surface area contributed by atoms with Crippen molar-refractivity contribution in [3.05, 3.63) is 64.4 Å². The van der Waals surface area contributed by atoms with E-state index in [0.29, 0.717) is 12.3 Å². The van der Waals surface area contributed by atoms with Gasteiger partial charge in [-0.1, -0.05) is 35.9 Å². The van der Waals surface area contributed by atoms with Crippen LogP contribution in [0.25, 0.3) is 0 Å². The Morgan fingerprint density at radius 3 is 2.45 bits per heavy atom. The number of benzene rings is 2. The van der Waals surface area contributed by atoms with Crippen molar-refractivity contribution in [3.8, 4) is 0 Å². The van der Waals surface area contributed by atoms with Crippen LogP contribution >= 0.6 is 11.6 Å². The molecule has 31 heavy (non-hydrogen) atoms. The summed E-state index contributed by atoms with van der Waals surface area (Å²) < 4.78 is 12.6. The third kappa shape index (κ3) is 9.48. The average Bonchev–Trinajstić information content (AvgIpc) is 3.13. The number of hydrogen-bond donors (Lipinski definition) is 5. The molecule has 0 aliphatic heterocycles. The summed E-state index contributed by atoms with van der Waals surface area (Å²) in [6.07, 6.45) is 2.18. The van der Waals surface area contributed by atoms with Crippen LogP contribution in [0, 0.1) is 5.82 Å². The van der Waals surface area contributed by atoms with Crippen molar-refractivity contribution in [3.63, 3.8) is 0 Å². The van der Waals surface area contributed by atoms with Crippen LogP contribution in [0.3, 0.4) is 0 Å². The summed E-state index contributed by atoms with van der Waals surface area (Å²) in [5.41, 5.74) is 13.3. The molecule has 7 N–H and O–H groups in total. The van der Waals surface area contributed by atoms with E-state index >= 15 is 0 Å². The third-order valence-corrected chi connectivity index (χ3v) is 4.53. The highest BCUT2D eigenvalue weighted by Gasteiger charge is 2.22. The number of nitrogens with one attached hydrogen (secondary N) is 3. The molecule has 2 aromatic rings. The minimum absolute atomic E-state index is 0.0175. The molecule has 1 aliphatic carbocycles.